The van der Waals surface area contributed by atoms with E-state index in [4.69, 9.17) is 7.29 Å². The van der Waals surface area contributed by atoms with Gasteiger partial charge < -0.3 is 0 Å². The Bertz CT molecular complexity index is 373. The second kappa shape index (κ2) is 3.37. The van der Waals surface area contributed by atoms with Crippen LogP contribution in [0, 0.1) is 5.41 Å². The van der Waals surface area contributed by atoms with E-state index < -0.39 is 40.3 Å². The number of hydrogen-bond donors (Lipinski definition) is 1. The molecule has 14 heavy (non-hydrogen) atoms. The topological polar surface area (TPSA) is 54.4 Å². The van der Waals surface area contributed by atoms with Crippen LogP contribution in [0.4, 0.5) is 13.2 Å². The van der Waals surface area contributed by atoms with Gasteiger partial charge in [-0.2, -0.15) is 21.6 Å². The molecule has 0 atom stereocenters. The second-order valence-corrected chi connectivity index (χ2v) is 4.86. The third-order valence-electron chi connectivity index (χ3n) is 2.12. The molecule has 0 heterocycles. The summed E-state index contributed by atoms with van der Waals surface area (Å²) in [4.78, 5) is 0. The first-order valence-electron chi connectivity index (χ1n) is 4.93. The molecule has 0 bridgehead atoms. The molecule has 0 aliphatic heterocycles. The van der Waals surface area contributed by atoms with E-state index >= 15 is 0 Å². The van der Waals surface area contributed by atoms with Crippen molar-refractivity contribution in [1.29, 1.82) is 0 Å². The number of alkyl halides is 3. The van der Waals surface area contributed by atoms with Crippen LogP contribution in [0.15, 0.2) is 0 Å². The average molecular weight is 234 g/mol. The largest absolute Gasteiger partial charge is 0.394 e. The number of rotatable bonds is 4. The first-order chi connectivity index (χ1) is 6.91. The highest BCUT2D eigenvalue weighted by Gasteiger charge is 2.62. The average Bonchev–Trinajstić information content (AvgIpc) is 2.77. The summed E-state index contributed by atoms with van der Waals surface area (Å²) < 4.78 is 81.4. The van der Waals surface area contributed by atoms with Crippen LogP contribution in [0.2, 0.25) is 0 Å². The van der Waals surface area contributed by atoms with Crippen LogP contribution in [0.25, 0.3) is 0 Å². The smallest absolute Gasteiger partial charge is 0.286 e. The highest BCUT2D eigenvalue weighted by Crippen LogP contribution is 2.60. The molecular weight excluding hydrogens is 221 g/mol. The van der Waals surface area contributed by atoms with Gasteiger partial charge in [0.25, 0.3) is 10.1 Å². The SMILES string of the molecule is [2H]C([2H])(CCS(=O)(=O)O)C1(C(F)(F)F)CC1. The minimum Gasteiger partial charge on any atom is -0.286 e. The lowest BCUT2D eigenvalue weighted by Gasteiger charge is -2.18. The molecular formula is C7H11F3O3S. The van der Waals surface area contributed by atoms with E-state index in [0.29, 0.717) is 0 Å². The summed E-state index contributed by atoms with van der Waals surface area (Å²) in [6, 6.07) is 0. The number of halogens is 3. The predicted octanol–water partition coefficient (Wildman–Crippen LogP) is 2.00. The van der Waals surface area contributed by atoms with Crippen LogP contribution in [0.1, 0.15) is 28.4 Å². The molecule has 1 N–H and O–H groups in total. The van der Waals surface area contributed by atoms with E-state index in [9.17, 15) is 21.6 Å². The standard InChI is InChI=1S/C7H11F3O3S/c8-7(9,10)6(3-4-6)2-1-5-14(11,12)13/h1-5H2,(H,11,12,13)/i2D2. The van der Waals surface area contributed by atoms with Gasteiger partial charge in [-0.05, 0) is 25.6 Å². The lowest BCUT2D eigenvalue weighted by molar-refractivity contribution is -0.188. The molecule has 84 valence electrons. The molecule has 0 amide bonds. The highest BCUT2D eigenvalue weighted by atomic mass is 32.2. The molecule has 0 spiro atoms. The summed E-state index contributed by atoms with van der Waals surface area (Å²) in [5.41, 5.74) is -2.44. The molecule has 0 aromatic rings. The van der Waals surface area contributed by atoms with Crippen LogP contribution in [-0.4, -0.2) is 24.9 Å². The molecule has 3 nitrogen and oxygen atoms in total. The quantitative estimate of drug-likeness (QED) is 0.757. The Morgan fingerprint density at radius 1 is 1.43 bits per heavy atom. The molecule has 0 unspecified atom stereocenters. The van der Waals surface area contributed by atoms with Crippen LogP contribution in [0.5, 0.6) is 0 Å². The van der Waals surface area contributed by atoms with E-state index in [1.54, 1.807) is 0 Å². The summed E-state index contributed by atoms with van der Waals surface area (Å²) in [6.07, 6.45) is -8.88. The number of hydrogen-bond acceptors (Lipinski definition) is 2. The monoisotopic (exact) mass is 234 g/mol. The van der Waals surface area contributed by atoms with Crippen molar-refractivity contribution in [3.8, 4) is 0 Å². The highest BCUT2D eigenvalue weighted by molar-refractivity contribution is 7.85. The lowest BCUT2D eigenvalue weighted by atomic mass is 10.0. The molecule has 1 aliphatic rings. The van der Waals surface area contributed by atoms with Crippen molar-refractivity contribution in [2.24, 2.45) is 5.41 Å². The van der Waals surface area contributed by atoms with Crippen molar-refractivity contribution in [2.75, 3.05) is 5.75 Å². The zero-order valence-electron chi connectivity index (χ0n) is 9.13. The van der Waals surface area contributed by atoms with E-state index in [-0.39, 0.29) is 12.8 Å². The van der Waals surface area contributed by atoms with Gasteiger partial charge in [-0.25, -0.2) is 0 Å². The fourth-order valence-corrected chi connectivity index (χ4v) is 1.46. The zero-order chi connectivity index (χ0) is 12.8. The van der Waals surface area contributed by atoms with Gasteiger partial charge in [0.15, 0.2) is 0 Å². The molecule has 0 saturated heterocycles. The van der Waals surface area contributed by atoms with Gasteiger partial charge in [-0.15, -0.1) is 0 Å². The van der Waals surface area contributed by atoms with Crippen molar-refractivity contribution in [1.82, 2.24) is 0 Å². The summed E-state index contributed by atoms with van der Waals surface area (Å²) >= 11 is 0. The van der Waals surface area contributed by atoms with Gasteiger partial charge in [0.05, 0.1) is 11.2 Å². The lowest BCUT2D eigenvalue weighted by Crippen LogP contribution is -2.25. The normalized spacial score (nSPS) is 24.0. The maximum atomic E-state index is 12.6. The first kappa shape index (κ1) is 8.96. The Morgan fingerprint density at radius 3 is 2.21 bits per heavy atom. The summed E-state index contributed by atoms with van der Waals surface area (Å²) in [5.74, 6) is -1.00. The first-order valence-corrected chi connectivity index (χ1v) is 5.54. The van der Waals surface area contributed by atoms with Gasteiger partial charge in [0.2, 0.25) is 0 Å². The molecule has 1 fully saturated rings. The Kier molecular flexibility index (Phi) is 2.16. The van der Waals surface area contributed by atoms with E-state index in [1.807, 2.05) is 0 Å². The molecule has 0 radical (unpaired) electrons. The van der Waals surface area contributed by atoms with Crippen LogP contribution < -0.4 is 0 Å². The van der Waals surface area contributed by atoms with Crippen molar-refractivity contribution in [3.63, 3.8) is 0 Å². The van der Waals surface area contributed by atoms with Gasteiger partial charge >= 0.3 is 6.18 Å². The zero-order valence-corrected chi connectivity index (χ0v) is 7.95. The van der Waals surface area contributed by atoms with Crippen LogP contribution in [0.3, 0.4) is 0 Å². The maximum absolute atomic E-state index is 12.6. The maximum Gasteiger partial charge on any atom is 0.394 e. The molecule has 1 aliphatic carbocycles. The van der Waals surface area contributed by atoms with Crippen molar-refractivity contribution in [3.05, 3.63) is 0 Å². The Labute approximate surface area is 82.9 Å². The molecule has 0 aromatic heterocycles. The minimum absolute atomic E-state index is 0.338. The Hall–Kier alpha value is -0.300. The summed E-state index contributed by atoms with van der Waals surface area (Å²) in [6.45, 7) is 0. The minimum atomic E-state index is -4.68. The Balaban J connectivity index is 2.79. The van der Waals surface area contributed by atoms with Crippen molar-refractivity contribution < 1.29 is 28.9 Å². The van der Waals surface area contributed by atoms with E-state index in [2.05, 4.69) is 0 Å². The molecule has 1 saturated carbocycles. The van der Waals surface area contributed by atoms with E-state index in [0.717, 1.165) is 0 Å². The fourth-order valence-electron chi connectivity index (χ4n) is 1.10. The van der Waals surface area contributed by atoms with Crippen molar-refractivity contribution >= 4 is 10.1 Å². The predicted molar refractivity (Wildman–Crippen MR) is 43.4 cm³/mol. The fraction of sp³-hybridized carbons (Fsp3) is 1.00. The van der Waals surface area contributed by atoms with Gasteiger partial charge in [0.1, 0.15) is 0 Å². The second-order valence-electron chi connectivity index (χ2n) is 3.29. The summed E-state index contributed by atoms with van der Waals surface area (Å²) in [5, 5.41) is 0. The third kappa shape index (κ3) is 2.84. The molecule has 7 heteroatoms. The van der Waals surface area contributed by atoms with E-state index in [1.165, 1.54) is 0 Å². The van der Waals surface area contributed by atoms with Crippen LogP contribution >= 0.6 is 0 Å². The molecule has 1 rings (SSSR count). The third-order valence-corrected chi connectivity index (χ3v) is 2.84. The van der Waals surface area contributed by atoms with Gasteiger partial charge in [0, 0.05) is 2.74 Å². The van der Waals surface area contributed by atoms with Gasteiger partial charge in [-0.3, -0.25) is 4.55 Å². The summed E-state index contributed by atoms with van der Waals surface area (Å²) in [7, 11) is -4.44. The molecule has 0 aromatic carbocycles. The van der Waals surface area contributed by atoms with Gasteiger partial charge in [-0.1, -0.05) is 0 Å². The van der Waals surface area contributed by atoms with Crippen LogP contribution in [-0.2, 0) is 10.1 Å². The van der Waals surface area contributed by atoms with Crippen molar-refractivity contribution in [2.45, 2.75) is 31.8 Å². The Morgan fingerprint density at radius 2 is 1.93 bits per heavy atom.